The van der Waals surface area contributed by atoms with Gasteiger partial charge in [0.1, 0.15) is 0 Å². The summed E-state index contributed by atoms with van der Waals surface area (Å²) in [6.07, 6.45) is 5.96. The molecule has 0 atom stereocenters. The molecule has 0 fully saturated rings. The van der Waals surface area contributed by atoms with Crippen molar-refractivity contribution in [3.8, 4) is 0 Å². The summed E-state index contributed by atoms with van der Waals surface area (Å²) in [5.74, 6) is -3.82. The number of hydrogen-bond donors (Lipinski definition) is 1. The fourth-order valence-corrected chi connectivity index (χ4v) is 1.57. The van der Waals surface area contributed by atoms with Crippen LogP contribution in [0, 0.1) is 17.5 Å². The number of benzene rings is 1. The number of nitrogens with zero attached hydrogens (tertiary/aromatic N) is 2. The Morgan fingerprint density at radius 3 is 2.50 bits per heavy atom. The quantitative estimate of drug-likeness (QED) is 0.657. The molecule has 0 bridgehead atoms. The largest absolute Gasteiger partial charge is 0.385 e. The molecule has 0 saturated carbocycles. The second-order valence-corrected chi connectivity index (χ2v) is 3.83. The molecule has 0 aliphatic carbocycles. The molecule has 0 saturated heterocycles. The van der Waals surface area contributed by atoms with Crippen molar-refractivity contribution in [1.82, 2.24) is 9.55 Å². The molecule has 2 rings (SSSR count). The molecule has 0 unspecified atom stereocenters. The molecule has 1 N–H and O–H groups in total. The molecular formula is C12H12F3N3. The zero-order valence-corrected chi connectivity index (χ0v) is 9.54. The van der Waals surface area contributed by atoms with E-state index in [-0.39, 0.29) is 5.69 Å². The summed E-state index contributed by atoms with van der Waals surface area (Å²) in [5, 5.41) is 2.84. The number of halogens is 3. The monoisotopic (exact) mass is 255 g/mol. The van der Waals surface area contributed by atoms with E-state index in [0.29, 0.717) is 6.54 Å². The molecule has 2 aromatic rings. The van der Waals surface area contributed by atoms with Gasteiger partial charge in [-0.1, -0.05) is 0 Å². The Labute approximate surface area is 102 Å². The summed E-state index contributed by atoms with van der Waals surface area (Å²) in [4.78, 5) is 3.89. The summed E-state index contributed by atoms with van der Waals surface area (Å²) in [5.41, 5.74) is 0.233. The van der Waals surface area contributed by atoms with E-state index in [1.54, 1.807) is 12.5 Å². The maximum atomic E-state index is 12.9. The first kappa shape index (κ1) is 12.5. The van der Waals surface area contributed by atoms with Crippen molar-refractivity contribution >= 4 is 5.69 Å². The molecule has 1 heterocycles. The number of anilines is 1. The average molecular weight is 255 g/mol. The predicted molar refractivity (Wildman–Crippen MR) is 61.6 cm³/mol. The number of aryl methyl sites for hydroxylation is 1. The van der Waals surface area contributed by atoms with Crippen molar-refractivity contribution in [2.24, 2.45) is 0 Å². The van der Waals surface area contributed by atoms with Crippen LogP contribution in [-0.4, -0.2) is 16.1 Å². The Morgan fingerprint density at radius 1 is 1.17 bits per heavy atom. The highest BCUT2D eigenvalue weighted by atomic mass is 19.2. The summed E-state index contributed by atoms with van der Waals surface area (Å²) >= 11 is 0. The lowest BCUT2D eigenvalue weighted by Gasteiger charge is -2.07. The van der Waals surface area contributed by atoms with Gasteiger partial charge in [-0.25, -0.2) is 18.2 Å². The number of nitrogens with one attached hydrogen (secondary N) is 1. The summed E-state index contributed by atoms with van der Waals surface area (Å²) in [6, 6.07) is 1.88. The third-order valence-electron chi connectivity index (χ3n) is 2.47. The van der Waals surface area contributed by atoms with E-state index < -0.39 is 17.5 Å². The van der Waals surface area contributed by atoms with E-state index in [2.05, 4.69) is 10.3 Å². The summed E-state index contributed by atoms with van der Waals surface area (Å²) in [6.45, 7) is 1.28. The van der Waals surface area contributed by atoms with Gasteiger partial charge in [0.05, 0.1) is 6.33 Å². The van der Waals surface area contributed by atoms with Crippen molar-refractivity contribution in [1.29, 1.82) is 0 Å². The smallest absolute Gasteiger partial charge is 0.194 e. The van der Waals surface area contributed by atoms with Gasteiger partial charge in [0.25, 0.3) is 0 Å². The molecule has 0 radical (unpaired) electrons. The third kappa shape index (κ3) is 3.03. The van der Waals surface area contributed by atoms with Crippen LogP contribution in [-0.2, 0) is 6.54 Å². The summed E-state index contributed by atoms with van der Waals surface area (Å²) < 4.78 is 40.4. The predicted octanol–water partition coefficient (Wildman–Crippen LogP) is 2.80. The lowest BCUT2D eigenvalue weighted by atomic mass is 10.2. The third-order valence-corrected chi connectivity index (χ3v) is 2.47. The van der Waals surface area contributed by atoms with Crippen LogP contribution in [0.4, 0.5) is 18.9 Å². The first-order valence-electron chi connectivity index (χ1n) is 5.51. The minimum absolute atomic E-state index is 0.233. The Hall–Kier alpha value is -1.98. The van der Waals surface area contributed by atoms with E-state index in [0.717, 1.165) is 25.1 Å². The van der Waals surface area contributed by atoms with Crippen molar-refractivity contribution in [3.05, 3.63) is 48.3 Å². The van der Waals surface area contributed by atoms with Crippen LogP contribution in [0.2, 0.25) is 0 Å². The second-order valence-electron chi connectivity index (χ2n) is 3.83. The first-order chi connectivity index (χ1) is 8.66. The lowest BCUT2D eigenvalue weighted by Crippen LogP contribution is -2.06. The van der Waals surface area contributed by atoms with Crippen LogP contribution in [0.3, 0.4) is 0 Å². The maximum Gasteiger partial charge on any atom is 0.194 e. The SMILES string of the molecule is Fc1cc(NCCCn2ccnc2)cc(F)c1F. The van der Waals surface area contributed by atoms with Crippen molar-refractivity contribution in [3.63, 3.8) is 0 Å². The van der Waals surface area contributed by atoms with Crippen LogP contribution in [0.1, 0.15) is 6.42 Å². The van der Waals surface area contributed by atoms with E-state index >= 15 is 0 Å². The highest BCUT2D eigenvalue weighted by Crippen LogP contribution is 2.17. The normalized spacial score (nSPS) is 10.6. The minimum Gasteiger partial charge on any atom is -0.385 e. The van der Waals surface area contributed by atoms with Gasteiger partial charge >= 0.3 is 0 Å². The Kier molecular flexibility index (Phi) is 3.86. The zero-order chi connectivity index (χ0) is 13.0. The van der Waals surface area contributed by atoms with Gasteiger partial charge in [-0.05, 0) is 6.42 Å². The standard InChI is InChI=1S/C12H12F3N3/c13-10-6-9(7-11(14)12(10)15)17-2-1-4-18-5-3-16-8-18/h3,5-8,17H,1-2,4H2. The fraction of sp³-hybridized carbons (Fsp3) is 0.250. The zero-order valence-electron chi connectivity index (χ0n) is 9.54. The van der Waals surface area contributed by atoms with Crippen molar-refractivity contribution in [2.75, 3.05) is 11.9 Å². The lowest BCUT2D eigenvalue weighted by molar-refractivity contribution is 0.447. The summed E-state index contributed by atoms with van der Waals surface area (Å²) in [7, 11) is 0. The molecule has 1 aromatic carbocycles. The molecule has 18 heavy (non-hydrogen) atoms. The Bertz CT molecular complexity index is 488. The minimum atomic E-state index is -1.45. The van der Waals surface area contributed by atoms with Gasteiger partial charge in [-0.15, -0.1) is 0 Å². The number of hydrogen-bond acceptors (Lipinski definition) is 2. The van der Waals surface area contributed by atoms with Crippen LogP contribution in [0.15, 0.2) is 30.9 Å². The van der Waals surface area contributed by atoms with Crippen LogP contribution < -0.4 is 5.32 Å². The first-order valence-corrected chi connectivity index (χ1v) is 5.51. The molecule has 0 aliphatic heterocycles. The van der Waals surface area contributed by atoms with Gasteiger partial charge in [0.15, 0.2) is 17.5 Å². The Balaban J connectivity index is 1.83. The molecule has 0 amide bonds. The molecule has 3 nitrogen and oxygen atoms in total. The molecule has 1 aromatic heterocycles. The second kappa shape index (κ2) is 5.57. The molecule has 6 heteroatoms. The van der Waals surface area contributed by atoms with Gasteiger partial charge in [0.2, 0.25) is 0 Å². The van der Waals surface area contributed by atoms with Crippen LogP contribution >= 0.6 is 0 Å². The van der Waals surface area contributed by atoms with E-state index in [9.17, 15) is 13.2 Å². The Morgan fingerprint density at radius 2 is 1.89 bits per heavy atom. The number of aromatic nitrogens is 2. The van der Waals surface area contributed by atoms with Crippen molar-refractivity contribution in [2.45, 2.75) is 13.0 Å². The molecular weight excluding hydrogens is 243 g/mol. The topological polar surface area (TPSA) is 29.9 Å². The number of rotatable bonds is 5. The van der Waals surface area contributed by atoms with Crippen LogP contribution in [0.5, 0.6) is 0 Å². The number of imidazole rings is 1. The average Bonchev–Trinajstić information content (AvgIpc) is 2.84. The van der Waals surface area contributed by atoms with Gasteiger partial charge in [-0.3, -0.25) is 0 Å². The molecule has 0 spiro atoms. The van der Waals surface area contributed by atoms with E-state index in [1.165, 1.54) is 0 Å². The van der Waals surface area contributed by atoms with Crippen molar-refractivity contribution < 1.29 is 13.2 Å². The van der Waals surface area contributed by atoms with Gasteiger partial charge < -0.3 is 9.88 Å². The highest BCUT2D eigenvalue weighted by Gasteiger charge is 2.09. The van der Waals surface area contributed by atoms with Crippen LogP contribution in [0.25, 0.3) is 0 Å². The molecule has 96 valence electrons. The van der Waals surface area contributed by atoms with Gasteiger partial charge in [-0.2, -0.15) is 0 Å². The highest BCUT2D eigenvalue weighted by molar-refractivity contribution is 5.43. The van der Waals surface area contributed by atoms with Gasteiger partial charge in [0, 0.05) is 43.3 Å². The van der Waals surface area contributed by atoms with E-state index in [4.69, 9.17) is 0 Å². The maximum absolute atomic E-state index is 12.9. The fourth-order valence-electron chi connectivity index (χ4n) is 1.57. The molecule has 0 aliphatic rings. The van der Waals surface area contributed by atoms with E-state index in [1.807, 2.05) is 10.8 Å².